The summed E-state index contributed by atoms with van der Waals surface area (Å²) in [7, 11) is 0. The summed E-state index contributed by atoms with van der Waals surface area (Å²) >= 11 is 12.1. The van der Waals surface area contributed by atoms with Gasteiger partial charge in [0.1, 0.15) is 5.75 Å². The van der Waals surface area contributed by atoms with Crippen molar-refractivity contribution in [3.63, 3.8) is 0 Å². The summed E-state index contributed by atoms with van der Waals surface area (Å²) in [6.45, 7) is 0. The molecule has 0 aliphatic heterocycles. The van der Waals surface area contributed by atoms with Crippen LogP contribution in [0.25, 0.3) is 11.5 Å². The SMILES string of the molecule is N#Cc1cc(Cl)cc(Oc2c(Cl)ccc(Cc3nnc(-c4ccncc4)o3)c2F)c1. The van der Waals surface area contributed by atoms with Gasteiger partial charge in [-0.3, -0.25) is 4.98 Å². The number of benzene rings is 2. The third-order valence-corrected chi connectivity index (χ3v) is 4.60. The van der Waals surface area contributed by atoms with E-state index in [0.717, 1.165) is 0 Å². The second kappa shape index (κ2) is 8.49. The van der Waals surface area contributed by atoms with Gasteiger partial charge in [-0.25, -0.2) is 4.39 Å². The number of ether oxygens (including phenoxy) is 1. The zero-order valence-electron chi connectivity index (χ0n) is 15.1. The maximum Gasteiger partial charge on any atom is 0.247 e. The minimum absolute atomic E-state index is 0.0381. The van der Waals surface area contributed by atoms with Crippen molar-refractivity contribution in [2.45, 2.75) is 6.42 Å². The van der Waals surface area contributed by atoms with Gasteiger partial charge in [-0.1, -0.05) is 29.3 Å². The van der Waals surface area contributed by atoms with Crippen LogP contribution in [-0.4, -0.2) is 15.2 Å². The van der Waals surface area contributed by atoms with Crippen LogP contribution in [0.3, 0.4) is 0 Å². The van der Waals surface area contributed by atoms with Gasteiger partial charge in [-0.05, 0) is 36.4 Å². The van der Waals surface area contributed by atoms with E-state index >= 15 is 4.39 Å². The van der Waals surface area contributed by atoms with E-state index in [-0.39, 0.29) is 45.0 Å². The van der Waals surface area contributed by atoms with Gasteiger partial charge in [-0.2, -0.15) is 5.26 Å². The lowest BCUT2D eigenvalue weighted by Crippen LogP contribution is -1.98. The lowest BCUT2D eigenvalue weighted by Gasteiger charge is -2.11. The number of hydrogen-bond acceptors (Lipinski definition) is 6. The Morgan fingerprint density at radius 3 is 2.63 bits per heavy atom. The van der Waals surface area contributed by atoms with Crippen molar-refractivity contribution in [2.75, 3.05) is 0 Å². The molecule has 0 N–H and O–H groups in total. The molecule has 0 amide bonds. The van der Waals surface area contributed by atoms with Gasteiger partial charge in [0.05, 0.1) is 23.1 Å². The van der Waals surface area contributed by atoms with Crippen molar-refractivity contribution in [1.82, 2.24) is 15.2 Å². The molecule has 2 aromatic carbocycles. The van der Waals surface area contributed by atoms with Crippen LogP contribution in [0.5, 0.6) is 11.5 Å². The number of rotatable bonds is 5. The van der Waals surface area contributed by atoms with Crippen LogP contribution < -0.4 is 4.74 Å². The molecule has 0 aliphatic rings. The Labute approximate surface area is 180 Å². The lowest BCUT2D eigenvalue weighted by atomic mass is 10.1. The molecule has 4 rings (SSSR count). The van der Waals surface area contributed by atoms with Gasteiger partial charge >= 0.3 is 0 Å². The zero-order chi connectivity index (χ0) is 21.1. The molecule has 2 heterocycles. The van der Waals surface area contributed by atoms with Crippen molar-refractivity contribution >= 4 is 23.2 Å². The summed E-state index contributed by atoms with van der Waals surface area (Å²) in [4.78, 5) is 3.93. The molecule has 0 spiro atoms. The fourth-order valence-corrected chi connectivity index (χ4v) is 3.12. The summed E-state index contributed by atoms with van der Waals surface area (Å²) in [6, 6.07) is 12.8. The molecule has 0 atom stereocenters. The van der Waals surface area contributed by atoms with Crippen LogP contribution in [0.2, 0.25) is 10.0 Å². The Morgan fingerprint density at radius 1 is 1.07 bits per heavy atom. The Kier molecular flexibility index (Phi) is 5.61. The number of hydrogen-bond donors (Lipinski definition) is 0. The molecule has 9 heteroatoms. The maximum absolute atomic E-state index is 15.1. The minimum atomic E-state index is -0.676. The Morgan fingerprint density at radius 2 is 1.87 bits per heavy atom. The van der Waals surface area contributed by atoms with Crippen molar-refractivity contribution in [3.8, 4) is 29.0 Å². The minimum Gasteiger partial charge on any atom is -0.453 e. The van der Waals surface area contributed by atoms with E-state index in [4.69, 9.17) is 37.6 Å². The molecule has 0 fully saturated rings. The molecule has 148 valence electrons. The highest BCUT2D eigenvalue weighted by Crippen LogP contribution is 2.36. The predicted molar refractivity (Wildman–Crippen MR) is 108 cm³/mol. The normalized spacial score (nSPS) is 10.6. The van der Waals surface area contributed by atoms with Crippen LogP contribution in [0.4, 0.5) is 4.39 Å². The lowest BCUT2D eigenvalue weighted by molar-refractivity contribution is 0.437. The van der Waals surface area contributed by atoms with E-state index in [1.807, 2.05) is 6.07 Å². The number of nitrogens with zero attached hydrogens (tertiary/aromatic N) is 4. The van der Waals surface area contributed by atoms with Gasteiger partial charge in [0.25, 0.3) is 0 Å². The van der Waals surface area contributed by atoms with Crippen LogP contribution in [0.15, 0.2) is 59.3 Å². The molecule has 0 saturated heterocycles. The molecule has 4 aromatic rings. The van der Waals surface area contributed by atoms with Crippen molar-refractivity contribution < 1.29 is 13.5 Å². The van der Waals surface area contributed by atoms with Gasteiger partial charge < -0.3 is 9.15 Å². The van der Waals surface area contributed by atoms with Gasteiger partial charge in [0.15, 0.2) is 11.6 Å². The molecule has 0 saturated carbocycles. The van der Waals surface area contributed by atoms with Crippen LogP contribution >= 0.6 is 23.2 Å². The van der Waals surface area contributed by atoms with E-state index in [1.165, 1.54) is 30.3 Å². The second-order valence-electron chi connectivity index (χ2n) is 6.15. The van der Waals surface area contributed by atoms with Crippen molar-refractivity contribution in [3.05, 3.63) is 87.7 Å². The van der Waals surface area contributed by atoms with Crippen molar-refractivity contribution in [1.29, 1.82) is 5.26 Å². The first-order chi connectivity index (χ1) is 14.5. The van der Waals surface area contributed by atoms with E-state index in [0.29, 0.717) is 11.5 Å². The zero-order valence-corrected chi connectivity index (χ0v) is 16.7. The van der Waals surface area contributed by atoms with E-state index in [1.54, 1.807) is 24.5 Å². The summed E-state index contributed by atoms with van der Waals surface area (Å²) in [5.41, 5.74) is 1.24. The number of pyridine rings is 1. The Balaban J connectivity index is 1.61. The molecular weight excluding hydrogens is 430 g/mol. The summed E-state index contributed by atoms with van der Waals surface area (Å²) in [5.74, 6) is -0.140. The average molecular weight is 441 g/mol. The van der Waals surface area contributed by atoms with E-state index in [9.17, 15) is 0 Å². The van der Waals surface area contributed by atoms with Gasteiger partial charge in [-0.15, -0.1) is 10.2 Å². The largest absolute Gasteiger partial charge is 0.453 e. The molecule has 0 unspecified atom stereocenters. The topological polar surface area (TPSA) is 84.8 Å². The highest BCUT2D eigenvalue weighted by atomic mass is 35.5. The van der Waals surface area contributed by atoms with E-state index < -0.39 is 5.82 Å². The monoisotopic (exact) mass is 440 g/mol. The smallest absolute Gasteiger partial charge is 0.247 e. The number of aromatic nitrogens is 3. The first-order valence-electron chi connectivity index (χ1n) is 8.61. The molecule has 30 heavy (non-hydrogen) atoms. The fourth-order valence-electron chi connectivity index (χ4n) is 2.71. The van der Waals surface area contributed by atoms with Gasteiger partial charge in [0, 0.05) is 28.5 Å². The quantitative estimate of drug-likeness (QED) is 0.387. The second-order valence-corrected chi connectivity index (χ2v) is 7.00. The van der Waals surface area contributed by atoms with Crippen molar-refractivity contribution in [2.24, 2.45) is 0 Å². The molecule has 6 nitrogen and oxygen atoms in total. The molecular formula is C21H11Cl2FN4O2. The third-order valence-electron chi connectivity index (χ3n) is 4.09. The molecule has 0 radical (unpaired) electrons. The maximum atomic E-state index is 15.1. The van der Waals surface area contributed by atoms with Crippen LogP contribution in [0.1, 0.15) is 17.0 Å². The summed E-state index contributed by atoms with van der Waals surface area (Å²) in [5, 5.41) is 17.4. The standard InChI is InChI=1S/C21H11Cl2FN4O2/c22-15-7-12(11-25)8-16(10-15)29-20-17(23)2-1-14(19(20)24)9-18-27-28-21(30-18)13-3-5-26-6-4-13/h1-8,10H,9H2. The number of halogens is 3. The van der Waals surface area contributed by atoms with Crippen LogP contribution in [-0.2, 0) is 6.42 Å². The third kappa shape index (κ3) is 4.25. The molecule has 2 aromatic heterocycles. The fraction of sp³-hybridized carbons (Fsp3) is 0.0476. The first-order valence-corrected chi connectivity index (χ1v) is 9.37. The highest BCUT2D eigenvalue weighted by molar-refractivity contribution is 6.32. The van der Waals surface area contributed by atoms with Gasteiger partial charge in [0.2, 0.25) is 11.8 Å². The van der Waals surface area contributed by atoms with Crippen LogP contribution in [0, 0.1) is 17.1 Å². The predicted octanol–water partition coefficient (Wildman–Crippen LogP) is 5.83. The van der Waals surface area contributed by atoms with E-state index in [2.05, 4.69) is 15.2 Å². The first kappa shape index (κ1) is 19.8. The average Bonchev–Trinajstić information content (AvgIpc) is 3.22. The summed E-state index contributed by atoms with van der Waals surface area (Å²) in [6.07, 6.45) is 3.25. The highest BCUT2D eigenvalue weighted by Gasteiger charge is 2.18. The molecule has 0 aliphatic carbocycles. The Hall–Kier alpha value is -3.47. The number of nitriles is 1. The Bertz CT molecular complexity index is 1260. The molecule has 0 bridgehead atoms. The summed E-state index contributed by atoms with van der Waals surface area (Å²) < 4.78 is 26.3.